The molecule has 68 valence electrons. The van der Waals surface area contributed by atoms with Crippen molar-refractivity contribution in [3.8, 4) is 0 Å². The number of aliphatic hydroxyl groups excluding tert-OH is 1. The van der Waals surface area contributed by atoms with Crippen LogP contribution >= 0.6 is 0 Å². The van der Waals surface area contributed by atoms with E-state index in [0.29, 0.717) is 6.42 Å². The second kappa shape index (κ2) is 4.27. The fraction of sp³-hybridized carbons (Fsp3) is 1.00. The summed E-state index contributed by atoms with van der Waals surface area (Å²) in [6.07, 6.45) is -0.283. The molecular formula is C6H11N3O3. The highest BCUT2D eigenvalue weighted by Crippen LogP contribution is 2.23. The smallest absolute Gasteiger partial charge is 0.158 e. The number of ether oxygens (including phenoxy) is 2. The van der Waals surface area contributed by atoms with E-state index in [1.54, 1.807) is 0 Å². The van der Waals surface area contributed by atoms with Gasteiger partial charge in [0.1, 0.15) is 0 Å². The zero-order valence-electron chi connectivity index (χ0n) is 6.75. The van der Waals surface area contributed by atoms with Crippen molar-refractivity contribution in [3.05, 3.63) is 10.4 Å². The second-order valence-corrected chi connectivity index (χ2v) is 2.53. The van der Waals surface area contributed by atoms with Crippen LogP contribution in [0.4, 0.5) is 0 Å². The molecular weight excluding hydrogens is 162 g/mol. The van der Waals surface area contributed by atoms with E-state index in [0.717, 1.165) is 0 Å². The molecule has 1 fully saturated rings. The number of nitrogens with zero attached hydrogens (tertiary/aromatic N) is 3. The zero-order chi connectivity index (χ0) is 8.97. The molecule has 0 aliphatic carbocycles. The van der Waals surface area contributed by atoms with Gasteiger partial charge in [0.2, 0.25) is 0 Å². The van der Waals surface area contributed by atoms with Crippen LogP contribution < -0.4 is 0 Å². The Morgan fingerprint density at radius 2 is 2.58 bits per heavy atom. The van der Waals surface area contributed by atoms with Gasteiger partial charge in [0, 0.05) is 18.4 Å². The molecule has 0 bridgehead atoms. The second-order valence-electron chi connectivity index (χ2n) is 2.53. The van der Waals surface area contributed by atoms with Crippen molar-refractivity contribution in [2.24, 2.45) is 5.11 Å². The maximum atomic E-state index is 8.81. The minimum Gasteiger partial charge on any atom is -0.394 e. The maximum Gasteiger partial charge on any atom is 0.158 e. The molecule has 6 heteroatoms. The van der Waals surface area contributed by atoms with Gasteiger partial charge in [-0.25, -0.2) is 0 Å². The third-order valence-electron chi connectivity index (χ3n) is 1.83. The van der Waals surface area contributed by atoms with Crippen LogP contribution in [-0.4, -0.2) is 37.3 Å². The molecule has 1 aliphatic heterocycles. The number of hydrogen-bond donors (Lipinski definition) is 1. The van der Waals surface area contributed by atoms with Crippen LogP contribution in [0.1, 0.15) is 6.42 Å². The average Bonchev–Trinajstić information content (AvgIpc) is 2.48. The lowest BCUT2D eigenvalue weighted by Crippen LogP contribution is -2.23. The Bertz CT molecular complexity index is 192. The summed E-state index contributed by atoms with van der Waals surface area (Å²) in [6.45, 7) is -0.149. The van der Waals surface area contributed by atoms with Crippen LogP contribution in [-0.2, 0) is 9.47 Å². The molecule has 0 spiro atoms. The van der Waals surface area contributed by atoms with Gasteiger partial charge < -0.3 is 14.6 Å². The fourth-order valence-electron chi connectivity index (χ4n) is 1.19. The lowest BCUT2D eigenvalue weighted by Gasteiger charge is -2.10. The first-order chi connectivity index (χ1) is 5.81. The molecule has 1 aliphatic rings. The molecule has 6 nitrogen and oxygen atoms in total. The van der Waals surface area contributed by atoms with Crippen molar-refractivity contribution < 1.29 is 14.6 Å². The van der Waals surface area contributed by atoms with Crippen LogP contribution in [0.15, 0.2) is 5.11 Å². The quantitative estimate of drug-likeness (QED) is 0.381. The van der Waals surface area contributed by atoms with Gasteiger partial charge in [0.05, 0.1) is 18.8 Å². The summed E-state index contributed by atoms with van der Waals surface area (Å²) in [5.41, 5.74) is 8.18. The number of methoxy groups -OCH3 is 1. The third kappa shape index (κ3) is 1.86. The molecule has 0 saturated carbocycles. The molecule has 12 heavy (non-hydrogen) atoms. The molecule has 0 aromatic heterocycles. The van der Waals surface area contributed by atoms with Gasteiger partial charge in [0.25, 0.3) is 0 Å². The minimum absolute atomic E-state index is 0.149. The first-order valence-electron chi connectivity index (χ1n) is 3.65. The van der Waals surface area contributed by atoms with E-state index in [-0.39, 0.29) is 18.9 Å². The van der Waals surface area contributed by atoms with E-state index in [2.05, 4.69) is 10.0 Å². The lowest BCUT2D eigenvalue weighted by atomic mass is 10.1. The van der Waals surface area contributed by atoms with Crippen LogP contribution in [0, 0.1) is 0 Å². The number of azide groups is 1. The van der Waals surface area contributed by atoms with Crippen molar-refractivity contribution in [1.29, 1.82) is 0 Å². The maximum absolute atomic E-state index is 8.81. The minimum atomic E-state index is -0.425. The number of aliphatic hydroxyl groups is 1. The van der Waals surface area contributed by atoms with Crippen molar-refractivity contribution in [2.75, 3.05) is 13.7 Å². The third-order valence-corrected chi connectivity index (χ3v) is 1.83. The first-order valence-corrected chi connectivity index (χ1v) is 3.65. The highest BCUT2D eigenvalue weighted by Gasteiger charge is 2.33. The van der Waals surface area contributed by atoms with Gasteiger partial charge in [-0.2, -0.15) is 0 Å². The standard InChI is InChI=1S/C6H11N3O3/c1-11-6-2-4(8-9-7)5(3-10)12-6/h4-6,10H,2-3H2,1H3/t4-,5-,6-/m1/s1. The molecule has 0 amide bonds. The van der Waals surface area contributed by atoms with Crippen molar-refractivity contribution in [3.63, 3.8) is 0 Å². The highest BCUT2D eigenvalue weighted by molar-refractivity contribution is 4.84. The first kappa shape index (κ1) is 9.28. The largest absolute Gasteiger partial charge is 0.394 e. The normalized spacial score (nSPS) is 34.7. The summed E-state index contributed by atoms with van der Waals surface area (Å²) in [6, 6.07) is -0.315. The van der Waals surface area contributed by atoms with Crippen LogP contribution in [0.3, 0.4) is 0 Å². The summed E-state index contributed by atoms with van der Waals surface area (Å²) in [7, 11) is 1.51. The van der Waals surface area contributed by atoms with Gasteiger partial charge in [-0.05, 0) is 5.53 Å². The summed E-state index contributed by atoms with van der Waals surface area (Å²) in [5, 5.41) is 12.3. The van der Waals surface area contributed by atoms with E-state index in [9.17, 15) is 0 Å². The molecule has 1 saturated heterocycles. The molecule has 1 heterocycles. The molecule has 1 N–H and O–H groups in total. The molecule has 1 rings (SSSR count). The lowest BCUT2D eigenvalue weighted by molar-refractivity contribution is -0.123. The van der Waals surface area contributed by atoms with E-state index < -0.39 is 6.10 Å². The molecule has 0 radical (unpaired) electrons. The predicted octanol–water partition coefficient (Wildman–Crippen LogP) is 0.419. The van der Waals surface area contributed by atoms with E-state index in [1.807, 2.05) is 0 Å². The average molecular weight is 173 g/mol. The molecule has 0 aromatic rings. The molecule has 0 aromatic carbocycles. The fourth-order valence-corrected chi connectivity index (χ4v) is 1.19. The van der Waals surface area contributed by atoms with E-state index >= 15 is 0 Å². The van der Waals surface area contributed by atoms with Gasteiger partial charge in [-0.3, -0.25) is 0 Å². The van der Waals surface area contributed by atoms with Crippen LogP contribution in [0.2, 0.25) is 0 Å². The Labute approximate surface area is 69.7 Å². The topological polar surface area (TPSA) is 87.5 Å². The SMILES string of the molecule is CO[C@H]1C[C@@H](N=[N+]=[N-])[C@@H](CO)O1. The van der Waals surface area contributed by atoms with Crippen molar-refractivity contribution in [2.45, 2.75) is 24.9 Å². The van der Waals surface area contributed by atoms with Crippen molar-refractivity contribution >= 4 is 0 Å². The summed E-state index contributed by atoms with van der Waals surface area (Å²) in [5.74, 6) is 0. The van der Waals surface area contributed by atoms with Gasteiger partial charge >= 0.3 is 0 Å². The summed E-state index contributed by atoms with van der Waals surface area (Å²) < 4.78 is 10.1. The summed E-state index contributed by atoms with van der Waals surface area (Å²) in [4.78, 5) is 2.66. The van der Waals surface area contributed by atoms with Gasteiger partial charge in [-0.1, -0.05) is 5.11 Å². The zero-order valence-corrected chi connectivity index (χ0v) is 6.75. The Morgan fingerprint density at radius 3 is 3.08 bits per heavy atom. The Morgan fingerprint density at radius 1 is 1.83 bits per heavy atom. The predicted molar refractivity (Wildman–Crippen MR) is 40.3 cm³/mol. The van der Waals surface area contributed by atoms with Crippen molar-refractivity contribution in [1.82, 2.24) is 0 Å². The molecule has 0 unspecified atom stereocenters. The number of hydrogen-bond acceptors (Lipinski definition) is 4. The van der Waals surface area contributed by atoms with Gasteiger partial charge in [-0.15, -0.1) is 0 Å². The van der Waals surface area contributed by atoms with Crippen LogP contribution in [0.25, 0.3) is 10.4 Å². The Hall–Kier alpha value is -0.810. The monoisotopic (exact) mass is 173 g/mol. The Kier molecular flexibility index (Phi) is 3.31. The van der Waals surface area contributed by atoms with E-state index in [1.165, 1.54) is 7.11 Å². The number of rotatable bonds is 3. The molecule has 3 atom stereocenters. The van der Waals surface area contributed by atoms with Crippen LogP contribution in [0.5, 0.6) is 0 Å². The highest BCUT2D eigenvalue weighted by atomic mass is 16.7. The Balaban J connectivity index is 2.55. The summed E-state index contributed by atoms with van der Waals surface area (Å²) >= 11 is 0. The van der Waals surface area contributed by atoms with E-state index in [4.69, 9.17) is 20.1 Å². The van der Waals surface area contributed by atoms with Gasteiger partial charge in [0.15, 0.2) is 6.29 Å².